The third kappa shape index (κ3) is 2.94. The maximum absolute atomic E-state index is 9.31. The summed E-state index contributed by atoms with van der Waals surface area (Å²) in [6, 6.07) is 3.65. The first-order valence-corrected chi connectivity index (χ1v) is 6.86. The lowest BCUT2D eigenvalue weighted by atomic mass is 10.3. The molecule has 0 spiro atoms. The van der Waals surface area contributed by atoms with E-state index in [9.17, 15) is 5.11 Å². The van der Waals surface area contributed by atoms with E-state index in [2.05, 4.69) is 10.1 Å². The van der Waals surface area contributed by atoms with Gasteiger partial charge in [0.05, 0.1) is 23.0 Å². The van der Waals surface area contributed by atoms with Gasteiger partial charge in [-0.05, 0) is 32.9 Å². The summed E-state index contributed by atoms with van der Waals surface area (Å²) < 4.78 is 7.56. The van der Waals surface area contributed by atoms with E-state index in [0.29, 0.717) is 23.1 Å². The minimum absolute atomic E-state index is 0.156. The van der Waals surface area contributed by atoms with Gasteiger partial charge in [0.1, 0.15) is 18.1 Å². The molecule has 20 heavy (non-hydrogen) atoms. The van der Waals surface area contributed by atoms with Gasteiger partial charge in [0.15, 0.2) is 0 Å². The summed E-state index contributed by atoms with van der Waals surface area (Å²) in [5.41, 5.74) is 2.99. The highest BCUT2D eigenvalue weighted by Crippen LogP contribution is 2.23. The van der Waals surface area contributed by atoms with Crippen molar-refractivity contribution in [2.45, 2.75) is 40.5 Å². The van der Waals surface area contributed by atoms with Crippen LogP contribution in [0.4, 0.5) is 0 Å². The highest BCUT2D eigenvalue weighted by atomic mass is 35.5. The fourth-order valence-corrected chi connectivity index (χ4v) is 2.19. The van der Waals surface area contributed by atoms with Crippen molar-refractivity contribution < 1.29 is 9.84 Å². The maximum atomic E-state index is 9.31. The van der Waals surface area contributed by atoms with Crippen molar-refractivity contribution in [1.29, 1.82) is 0 Å². The van der Waals surface area contributed by atoms with Crippen LogP contribution >= 0.6 is 11.6 Å². The molecule has 6 heteroatoms. The van der Waals surface area contributed by atoms with Crippen LogP contribution < -0.4 is 4.74 Å². The van der Waals surface area contributed by atoms with E-state index in [0.717, 1.165) is 23.6 Å². The standard InChI is InChI=1S/C14H18ClN3O2/c1-4-18-12(14(15)10(3)17-18)8-20-13-6-5-9(2)16-11(13)7-19/h5-6,19H,4,7-8H2,1-3H3. The predicted octanol–water partition coefficient (Wildman–Crippen LogP) is 2.64. The Labute approximate surface area is 123 Å². The Balaban J connectivity index is 2.21. The number of aliphatic hydroxyl groups excluding tert-OH is 1. The zero-order chi connectivity index (χ0) is 14.7. The SMILES string of the molecule is CCn1nc(C)c(Cl)c1COc1ccc(C)nc1CO. The number of ether oxygens (including phenoxy) is 1. The van der Waals surface area contributed by atoms with Crippen LogP contribution in [-0.4, -0.2) is 19.9 Å². The van der Waals surface area contributed by atoms with E-state index in [4.69, 9.17) is 16.3 Å². The van der Waals surface area contributed by atoms with Crippen molar-refractivity contribution in [1.82, 2.24) is 14.8 Å². The monoisotopic (exact) mass is 295 g/mol. The maximum Gasteiger partial charge on any atom is 0.143 e. The van der Waals surface area contributed by atoms with Crippen LogP contribution in [0.15, 0.2) is 12.1 Å². The van der Waals surface area contributed by atoms with Crippen LogP contribution in [0.3, 0.4) is 0 Å². The number of hydrogen-bond acceptors (Lipinski definition) is 4. The van der Waals surface area contributed by atoms with Crippen LogP contribution in [0.1, 0.15) is 29.7 Å². The molecule has 0 saturated carbocycles. The molecule has 2 aromatic rings. The molecule has 0 unspecified atom stereocenters. The number of aromatic nitrogens is 3. The number of nitrogens with zero attached hydrogens (tertiary/aromatic N) is 3. The molecule has 0 bridgehead atoms. The first-order chi connectivity index (χ1) is 9.56. The number of aliphatic hydroxyl groups is 1. The Hall–Kier alpha value is -1.59. The molecule has 0 saturated heterocycles. The smallest absolute Gasteiger partial charge is 0.143 e. The molecule has 2 aromatic heterocycles. The number of aryl methyl sites for hydroxylation is 3. The Bertz CT molecular complexity index is 611. The Morgan fingerprint density at radius 1 is 1.35 bits per heavy atom. The fraction of sp³-hybridized carbons (Fsp3) is 0.429. The zero-order valence-corrected chi connectivity index (χ0v) is 12.6. The van der Waals surface area contributed by atoms with Gasteiger partial charge in [0, 0.05) is 12.2 Å². The molecule has 0 aliphatic carbocycles. The molecule has 108 valence electrons. The molecule has 0 aromatic carbocycles. The first-order valence-electron chi connectivity index (χ1n) is 6.48. The van der Waals surface area contributed by atoms with E-state index < -0.39 is 0 Å². The Morgan fingerprint density at radius 2 is 2.10 bits per heavy atom. The van der Waals surface area contributed by atoms with Crippen molar-refractivity contribution in [3.63, 3.8) is 0 Å². The van der Waals surface area contributed by atoms with Crippen LogP contribution in [0.5, 0.6) is 5.75 Å². The minimum atomic E-state index is -0.156. The lowest BCUT2D eigenvalue weighted by Crippen LogP contribution is -2.08. The number of pyridine rings is 1. The molecule has 0 aliphatic rings. The largest absolute Gasteiger partial charge is 0.485 e. The second-order valence-corrected chi connectivity index (χ2v) is 4.88. The van der Waals surface area contributed by atoms with Gasteiger partial charge >= 0.3 is 0 Å². The molecule has 0 radical (unpaired) electrons. The molecule has 0 aliphatic heterocycles. The quantitative estimate of drug-likeness (QED) is 0.921. The van der Waals surface area contributed by atoms with Crippen molar-refractivity contribution in [2.24, 2.45) is 0 Å². The van der Waals surface area contributed by atoms with E-state index in [-0.39, 0.29) is 6.61 Å². The fourth-order valence-electron chi connectivity index (χ4n) is 2.00. The highest BCUT2D eigenvalue weighted by Gasteiger charge is 2.14. The number of rotatable bonds is 5. The van der Waals surface area contributed by atoms with E-state index in [1.54, 1.807) is 6.07 Å². The molecule has 1 N–H and O–H groups in total. The van der Waals surface area contributed by atoms with Gasteiger partial charge in [-0.2, -0.15) is 5.10 Å². The van der Waals surface area contributed by atoms with Crippen molar-refractivity contribution in [2.75, 3.05) is 0 Å². The summed E-state index contributed by atoms with van der Waals surface area (Å²) in [7, 11) is 0. The highest BCUT2D eigenvalue weighted by molar-refractivity contribution is 6.31. The lowest BCUT2D eigenvalue weighted by Gasteiger charge is -2.11. The first kappa shape index (κ1) is 14.8. The van der Waals surface area contributed by atoms with Crippen LogP contribution in [0.25, 0.3) is 0 Å². The molecular formula is C14H18ClN3O2. The van der Waals surface area contributed by atoms with E-state index in [1.165, 1.54) is 0 Å². The van der Waals surface area contributed by atoms with Crippen LogP contribution in [0, 0.1) is 13.8 Å². The van der Waals surface area contributed by atoms with Crippen LogP contribution in [0.2, 0.25) is 5.02 Å². The molecule has 2 rings (SSSR count). The van der Waals surface area contributed by atoms with Gasteiger partial charge in [-0.3, -0.25) is 9.67 Å². The Morgan fingerprint density at radius 3 is 2.75 bits per heavy atom. The molecule has 0 fully saturated rings. The summed E-state index contributed by atoms with van der Waals surface area (Å²) in [6.07, 6.45) is 0. The second-order valence-electron chi connectivity index (χ2n) is 4.51. The van der Waals surface area contributed by atoms with Gasteiger partial charge < -0.3 is 9.84 Å². The zero-order valence-electron chi connectivity index (χ0n) is 11.9. The number of halogens is 1. The predicted molar refractivity (Wildman–Crippen MR) is 76.9 cm³/mol. The number of hydrogen-bond donors (Lipinski definition) is 1. The average Bonchev–Trinajstić information content (AvgIpc) is 2.72. The molecule has 0 amide bonds. The molecule has 0 atom stereocenters. The molecule has 5 nitrogen and oxygen atoms in total. The van der Waals surface area contributed by atoms with Gasteiger partial charge in [-0.1, -0.05) is 11.6 Å². The van der Waals surface area contributed by atoms with E-state index in [1.807, 2.05) is 31.5 Å². The Kier molecular flexibility index (Phi) is 4.62. The topological polar surface area (TPSA) is 60.2 Å². The summed E-state index contributed by atoms with van der Waals surface area (Å²) in [6.45, 7) is 6.60. The third-order valence-electron chi connectivity index (χ3n) is 3.04. The van der Waals surface area contributed by atoms with Gasteiger partial charge in [0.25, 0.3) is 0 Å². The summed E-state index contributed by atoms with van der Waals surface area (Å²) in [5.74, 6) is 0.565. The van der Waals surface area contributed by atoms with Gasteiger partial charge in [-0.25, -0.2) is 0 Å². The van der Waals surface area contributed by atoms with E-state index >= 15 is 0 Å². The van der Waals surface area contributed by atoms with Crippen molar-refractivity contribution in [3.8, 4) is 5.75 Å². The van der Waals surface area contributed by atoms with Crippen molar-refractivity contribution >= 4 is 11.6 Å². The van der Waals surface area contributed by atoms with Crippen molar-refractivity contribution in [3.05, 3.63) is 39.9 Å². The normalized spacial score (nSPS) is 10.8. The second kappa shape index (κ2) is 6.24. The average molecular weight is 296 g/mol. The lowest BCUT2D eigenvalue weighted by molar-refractivity contribution is 0.249. The summed E-state index contributed by atoms with van der Waals surface area (Å²) in [5, 5.41) is 14.3. The molecular weight excluding hydrogens is 278 g/mol. The minimum Gasteiger partial charge on any atom is -0.485 e. The third-order valence-corrected chi connectivity index (χ3v) is 3.53. The summed E-state index contributed by atoms with van der Waals surface area (Å²) in [4.78, 5) is 4.24. The summed E-state index contributed by atoms with van der Waals surface area (Å²) >= 11 is 6.23. The van der Waals surface area contributed by atoms with Crippen LogP contribution in [-0.2, 0) is 19.8 Å². The van der Waals surface area contributed by atoms with Gasteiger partial charge in [0.2, 0.25) is 0 Å². The molecule has 2 heterocycles. The van der Waals surface area contributed by atoms with Gasteiger partial charge in [-0.15, -0.1) is 0 Å².